The average molecular weight is 208 g/mol. The van der Waals surface area contributed by atoms with Gasteiger partial charge >= 0.3 is 5.97 Å². The molecule has 82 valence electrons. The molecule has 0 unspecified atom stereocenters. The molecule has 4 heteroatoms. The van der Waals surface area contributed by atoms with Crippen molar-refractivity contribution in [3.05, 3.63) is 24.6 Å². The fourth-order valence-corrected chi connectivity index (χ4v) is 1.01. The van der Waals surface area contributed by atoms with E-state index in [1.54, 1.807) is 24.6 Å². The Labute approximate surface area is 89.9 Å². The molecule has 0 atom stereocenters. The molecule has 0 aromatic rings. The first-order valence-electron chi connectivity index (χ1n) is 4.83. The van der Waals surface area contributed by atoms with Crippen molar-refractivity contribution in [2.24, 2.45) is 10.4 Å². The fraction of sp³-hybridized carbons (Fsp3) is 0.455. The van der Waals surface area contributed by atoms with Crippen molar-refractivity contribution in [3.8, 4) is 0 Å². The zero-order valence-corrected chi connectivity index (χ0v) is 9.30. The van der Waals surface area contributed by atoms with Gasteiger partial charge in [-0.05, 0) is 17.6 Å². The summed E-state index contributed by atoms with van der Waals surface area (Å²) in [6, 6.07) is 0. The number of nitrogens with zero attached hydrogens (tertiary/aromatic N) is 2. The molecular weight excluding hydrogens is 192 g/mol. The van der Waals surface area contributed by atoms with Crippen molar-refractivity contribution in [1.82, 2.24) is 5.06 Å². The van der Waals surface area contributed by atoms with Gasteiger partial charge in [-0.2, -0.15) is 5.06 Å². The number of hydroxylamine groups is 2. The van der Waals surface area contributed by atoms with Gasteiger partial charge in [0.2, 0.25) is 0 Å². The molecule has 0 aliphatic carbocycles. The third-order valence-corrected chi connectivity index (χ3v) is 1.58. The predicted molar refractivity (Wildman–Crippen MR) is 58.8 cm³/mol. The van der Waals surface area contributed by atoms with Gasteiger partial charge in [0.15, 0.2) is 0 Å². The number of allylic oxidation sites excluding steroid dienone is 2. The lowest BCUT2D eigenvalue weighted by molar-refractivity contribution is -0.166. The van der Waals surface area contributed by atoms with Gasteiger partial charge in [0.05, 0.1) is 6.42 Å². The Morgan fingerprint density at radius 3 is 2.80 bits per heavy atom. The molecule has 1 aliphatic rings. The first-order chi connectivity index (χ1) is 6.97. The van der Waals surface area contributed by atoms with Crippen LogP contribution in [0.15, 0.2) is 29.5 Å². The summed E-state index contributed by atoms with van der Waals surface area (Å²) < 4.78 is 0. The SMILES string of the molecule is CC(C)(C)CC(=O)ON1C=CC=CN=C1. The summed E-state index contributed by atoms with van der Waals surface area (Å²) in [4.78, 5) is 20.4. The molecule has 0 saturated carbocycles. The summed E-state index contributed by atoms with van der Waals surface area (Å²) in [6.07, 6.45) is 8.58. The number of carbonyl (C=O) groups is 1. The monoisotopic (exact) mass is 208 g/mol. The van der Waals surface area contributed by atoms with E-state index in [0.29, 0.717) is 6.42 Å². The highest BCUT2D eigenvalue weighted by Crippen LogP contribution is 2.19. The van der Waals surface area contributed by atoms with Crippen LogP contribution in [0, 0.1) is 5.41 Å². The Kier molecular flexibility index (Phi) is 3.66. The minimum atomic E-state index is -0.263. The molecule has 0 amide bonds. The third kappa shape index (κ3) is 5.00. The van der Waals surface area contributed by atoms with Crippen LogP contribution in [0.2, 0.25) is 0 Å². The third-order valence-electron chi connectivity index (χ3n) is 1.58. The minimum Gasteiger partial charge on any atom is -0.336 e. The number of hydrogen-bond acceptors (Lipinski definition) is 4. The lowest BCUT2D eigenvalue weighted by atomic mass is 9.93. The normalized spacial score (nSPS) is 15.3. The Bertz CT molecular complexity index is 295. The molecule has 0 aromatic heterocycles. The van der Waals surface area contributed by atoms with E-state index in [0.717, 1.165) is 0 Å². The Morgan fingerprint density at radius 1 is 1.40 bits per heavy atom. The van der Waals surface area contributed by atoms with Crippen LogP contribution in [-0.4, -0.2) is 17.4 Å². The van der Waals surface area contributed by atoms with E-state index in [9.17, 15) is 4.79 Å². The minimum absolute atomic E-state index is 0.0674. The first kappa shape index (κ1) is 11.5. The van der Waals surface area contributed by atoms with Crippen LogP contribution < -0.4 is 0 Å². The number of rotatable bonds is 2. The Balaban J connectivity index is 2.45. The largest absolute Gasteiger partial charge is 0.336 e. The summed E-state index contributed by atoms with van der Waals surface area (Å²) in [5.41, 5.74) is -0.0674. The van der Waals surface area contributed by atoms with E-state index < -0.39 is 0 Å². The van der Waals surface area contributed by atoms with Crippen LogP contribution in [0.25, 0.3) is 0 Å². The van der Waals surface area contributed by atoms with Gasteiger partial charge in [-0.3, -0.25) is 0 Å². The molecular formula is C11H16N2O2. The second kappa shape index (κ2) is 4.77. The van der Waals surface area contributed by atoms with Gasteiger partial charge in [0.1, 0.15) is 6.34 Å². The zero-order valence-electron chi connectivity index (χ0n) is 9.30. The van der Waals surface area contributed by atoms with E-state index >= 15 is 0 Å². The molecule has 1 heterocycles. The van der Waals surface area contributed by atoms with Gasteiger partial charge in [-0.25, -0.2) is 9.79 Å². The molecule has 0 N–H and O–H groups in total. The van der Waals surface area contributed by atoms with Crippen molar-refractivity contribution in [1.29, 1.82) is 0 Å². The standard InChI is InChI=1S/C11H16N2O2/c1-11(2,3)8-10(14)15-13-7-5-4-6-12-9-13/h4-7,9H,8H2,1-3H3. The molecule has 0 spiro atoms. The Morgan fingerprint density at radius 2 is 2.13 bits per heavy atom. The van der Waals surface area contributed by atoms with E-state index in [4.69, 9.17) is 4.84 Å². The summed E-state index contributed by atoms with van der Waals surface area (Å²) in [5, 5.41) is 1.30. The maximum atomic E-state index is 11.5. The van der Waals surface area contributed by atoms with Crippen LogP contribution >= 0.6 is 0 Å². The van der Waals surface area contributed by atoms with Crippen molar-refractivity contribution in [2.45, 2.75) is 27.2 Å². The molecule has 1 rings (SSSR count). The number of carbonyl (C=O) groups excluding carboxylic acids is 1. The fourth-order valence-electron chi connectivity index (χ4n) is 1.01. The smallest absolute Gasteiger partial charge is 0.333 e. The predicted octanol–water partition coefficient (Wildman–Crippen LogP) is 2.25. The molecule has 0 saturated heterocycles. The van der Waals surface area contributed by atoms with Crippen molar-refractivity contribution in [2.75, 3.05) is 0 Å². The van der Waals surface area contributed by atoms with E-state index in [2.05, 4.69) is 4.99 Å². The van der Waals surface area contributed by atoms with E-state index in [-0.39, 0.29) is 11.4 Å². The van der Waals surface area contributed by atoms with Gasteiger partial charge in [0.25, 0.3) is 0 Å². The highest BCUT2D eigenvalue weighted by atomic mass is 16.7. The highest BCUT2D eigenvalue weighted by Gasteiger charge is 2.18. The number of aliphatic imine (C=N–C) groups is 1. The molecule has 0 bridgehead atoms. The van der Waals surface area contributed by atoms with Crippen LogP contribution in [0.1, 0.15) is 27.2 Å². The van der Waals surface area contributed by atoms with Crippen LogP contribution in [0.4, 0.5) is 0 Å². The molecule has 4 nitrogen and oxygen atoms in total. The Hall–Kier alpha value is -1.58. The molecule has 0 aromatic carbocycles. The van der Waals surface area contributed by atoms with Crippen molar-refractivity contribution < 1.29 is 9.63 Å². The summed E-state index contributed by atoms with van der Waals surface area (Å²) in [6.45, 7) is 5.96. The van der Waals surface area contributed by atoms with E-state index in [1.165, 1.54) is 11.4 Å². The maximum absolute atomic E-state index is 11.5. The van der Waals surface area contributed by atoms with Crippen LogP contribution in [0.5, 0.6) is 0 Å². The first-order valence-corrected chi connectivity index (χ1v) is 4.83. The summed E-state index contributed by atoms with van der Waals surface area (Å²) in [7, 11) is 0. The van der Waals surface area contributed by atoms with Gasteiger partial charge in [-0.15, -0.1) is 0 Å². The lowest BCUT2D eigenvalue weighted by Crippen LogP contribution is -2.24. The van der Waals surface area contributed by atoms with Gasteiger partial charge < -0.3 is 4.84 Å². The van der Waals surface area contributed by atoms with E-state index in [1.807, 2.05) is 20.8 Å². The topological polar surface area (TPSA) is 41.9 Å². The van der Waals surface area contributed by atoms with Crippen LogP contribution in [0.3, 0.4) is 0 Å². The summed E-state index contributed by atoms with van der Waals surface area (Å²) in [5.74, 6) is -0.263. The molecule has 15 heavy (non-hydrogen) atoms. The summed E-state index contributed by atoms with van der Waals surface area (Å²) >= 11 is 0. The number of hydrogen-bond donors (Lipinski definition) is 0. The van der Waals surface area contributed by atoms with Crippen molar-refractivity contribution >= 4 is 12.3 Å². The highest BCUT2D eigenvalue weighted by molar-refractivity contribution is 5.71. The zero-order chi connectivity index (χ0) is 11.3. The van der Waals surface area contributed by atoms with Crippen LogP contribution in [-0.2, 0) is 9.63 Å². The second-order valence-electron chi connectivity index (χ2n) is 4.51. The molecule has 0 fully saturated rings. The average Bonchev–Trinajstić information content (AvgIpc) is 2.28. The van der Waals surface area contributed by atoms with Gasteiger partial charge in [-0.1, -0.05) is 20.8 Å². The maximum Gasteiger partial charge on any atom is 0.333 e. The lowest BCUT2D eigenvalue weighted by Gasteiger charge is -2.19. The van der Waals surface area contributed by atoms with Crippen molar-refractivity contribution in [3.63, 3.8) is 0 Å². The quantitative estimate of drug-likeness (QED) is 0.699. The molecule has 1 aliphatic heterocycles. The second-order valence-corrected chi connectivity index (χ2v) is 4.51. The molecule has 0 radical (unpaired) electrons. The van der Waals surface area contributed by atoms with Gasteiger partial charge in [0, 0.05) is 12.4 Å².